The largest absolute Gasteiger partial charge is 0.341 e. The maximum atomic E-state index is 11.6. The van der Waals surface area contributed by atoms with Crippen LogP contribution in [-0.4, -0.2) is 52.5 Å². The molecule has 100 valence electrons. The van der Waals surface area contributed by atoms with Crippen LogP contribution in [0.4, 0.5) is 0 Å². The monoisotopic (exact) mass is 264 g/mol. The first-order valence-corrected chi connectivity index (χ1v) is 7.17. The molecule has 0 aromatic carbocycles. The van der Waals surface area contributed by atoms with Crippen LogP contribution in [0, 0.1) is 5.92 Å². The predicted octanol–water partition coefficient (Wildman–Crippen LogP) is -1.76. The number of amides is 1. The Kier molecular flexibility index (Phi) is 5.31. The summed E-state index contributed by atoms with van der Waals surface area (Å²) in [5, 5.41) is 7.68. The minimum absolute atomic E-state index is 0.0489. The highest BCUT2D eigenvalue weighted by molar-refractivity contribution is 7.87. The predicted molar refractivity (Wildman–Crippen MR) is 64.3 cm³/mol. The molecule has 7 nitrogen and oxygen atoms in total. The number of likely N-dealkylation sites (tertiary alicyclic amines) is 1. The molecule has 0 radical (unpaired) electrons. The first-order chi connectivity index (χ1) is 7.92. The second-order valence-corrected chi connectivity index (χ2v) is 5.65. The van der Waals surface area contributed by atoms with Crippen LogP contribution in [0.2, 0.25) is 0 Å². The van der Waals surface area contributed by atoms with Crippen LogP contribution in [0.1, 0.15) is 12.8 Å². The fourth-order valence-corrected chi connectivity index (χ4v) is 2.42. The molecule has 0 aliphatic carbocycles. The quantitative estimate of drug-likeness (QED) is 0.547. The molecule has 1 atom stereocenters. The van der Waals surface area contributed by atoms with E-state index in [1.54, 1.807) is 11.9 Å². The summed E-state index contributed by atoms with van der Waals surface area (Å²) >= 11 is 0. The molecule has 8 heteroatoms. The van der Waals surface area contributed by atoms with Gasteiger partial charge in [0.1, 0.15) is 0 Å². The lowest BCUT2D eigenvalue weighted by atomic mass is 9.98. The van der Waals surface area contributed by atoms with Crippen LogP contribution in [0.15, 0.2) is 0 Å². The van der Waals surface area contributed by atoms with Gasteiger partial charge >= 0.3 is 0 Å². The Morgan fingerprint density at radius 1 is 1.53 bits per heavy atom. The number of carbonyl (C=O) groups excluding carboxylic acids is 1. The first kappa shape index (κ1) is 14.4. The number of hydrogen-bond donors (Lipinski definition) is 3. The minimum atomic E-state index is -3.64. The van der Waals surface area contributed by atoms with Crippen molar-refractivity contribution < 1.29 is 13.2 Å². The fourth-order valence-electron chi connectivity index (χ4n) is 1.96. The molecule has 1 saturated heterocycles. The van der Waals surface area contributed by atoms with Crippen molar-refractivity contribution in [3.05, 3.63) is 0 Å². The molecule has 0 aromatic rings. The van der Waals surface area contributed by atoms with E-state index in [1.165, 1.54) is 0 Å². The van der Waals surface area contributed by atoms with Crippen LogP contribution in [0.25, 0.3) is 0 Å². The lowest BCUT2D eigenvalue weighted by molar-refractivity contribution is -0.131. The molecule has 0 spiro atoms. The molecule has 0 bridgehead atoms. The molecular formula is C9H20N4O3S. The SMILES string of the molecule is CNCC(=O)N1CCCC(CNS(N)(=O)=O)C1. The summed E-state index contributed by atoms with van der Waals surface area (Å²) < 4.78 is 23.8. The lowest BCUT2D eigenvalue weighted by Gasteiger charge is -2.32. The van der Waals surface area contributed by atoms with E-state index in [2.05, 4.69) is 10.0 Å². The van der Waals surface area contributed by atoms with Crippen molar-refractivity contribution in [2.75, 3.05) is 33.2 Å². The van der Waals surface area contributed by atoms with E-state index in [1.807, 2.05) is 0 Å². The Bertz CT molecular complexity index is 357. The van der Waals surface area contributed by atoms with Crippen molar-refractivity contribution in [3.8, 4) is 0 Å². The van der Waals surface area contributed by atoms with Gasteiger partial charge in [-0.2, -0.15) is 8.42 Å². The lowest BCUT2D eigenvalue weighted by Crippen LogP contribution is -2.46. The van der Waals surface area contributed by atoms with E-state index in [4.69, 9.17) is 5.14 Å². The van der Waals surface area contributed by atoms with E-state index in [9.17, 15) is 13.2 Å². The van der Waals surface area contributed by atoms with Crippen molar-refractivity contribution in [1.82, 2.24) is 14.9 Å². The zero-order valence-corrected chi connectivity index (χ0v) is 10.8. The zero-order valence-electron chi connectivity index (χ0n) is 9.98. The molecule has 1 rings (SSSR count). The highest BCUT2D eigenvalue weighted by Crippen LogP contribution is 2.15. The summed E-state index contributed by atoms with van der Waals surface area (Å²) in [5.74, 6) is 0.190. The van der Waals surface area contributed by atoms with Crippen LogP contribution < -0.4 is 15.2 Å². The third-order valence-electron chi connectivity index (χ3n) is 2.77. The molecule has 1 amide bonds. The topological polar surface area (TPSA) is 105 Å². The molecule has 1 aliphatic heterocycles. The van der Waals surface area contributed by atoms with Gasteiger partial charge in [-0.3, -0.25) is 4.79 Å². The van der Waals surface area contributed by atoms with Gasteiger partial charge in [-0.1, -0.05) is 0 Å². The third kappa shape index (κ3) is 5.44. The van der Waals surface area contributed by atoms with Gasteiger partial charge in [0, 0.05) is 19.6 Å². The number of carbonyl (C=O) groups is 1. The fraction of sp³-hybridized carbons (Fsp3) is 0.889. The van der Waals surface area contributed by atoms with Gasteiger partial charge in [-0.05, 0) is 25.8 Å². The van der Waals surface area contributed by atoms with E-state index < -0.39 is 10.2 Å². The maximum absolute atomic E-state index is 11.6. The van der Waals surface area contributed by atoms with Gasteiger partial charge in [-0.25, -0.2) is 9.86 Å². The van der Waals surface area contributed by atoms with Crippen LogP contribution in [0.5, 0.6) is 0 Å². The molecule has 0 aromatic heterocycles. The molecule has 1 aliphatic rings. The molecule has 4 N–H and O–H groups in total. The second-order valence-electron chi connectivity index (χ2n) is 4.27. The van der Waals surface area contributed by atoms with E-state index >= 15 is 0 Å². The van der Waals surface area contributed by atoms with Crippen molar-refractivity contribution in [3.63, 3.8) is 0 Å². The highest BCUT2D eigenvalue weighted by atomic mass is 32.2. The number of rotatable bonds is 5. The summed E-state index contributed by atoms with van der Waals surface area (Å²) in [4.78, 5) is 13.4. The summed E-state index contributed by atoms with van der Waals surface area (Å²) in [5.41, 5.74) is 0. The van der Waals surface area contributed by atoms with Crippen molar-refractivity contribution in [1.29, 1.82) is 0 Å². The van der Waals surface area contributed by atoms with Crippen LogP contribution in [-0.2, 0) is 15.0 Å². The van der Waals surface area contributed by atoms with E-state index in [0.717, 1.165) is 19.4 Å². The van der Waals surface area contributed by atoms with Gasteiger partial charge < -0.3 is 10.2 Å². The molecule has 0 saturated carbocycles. The maximum Gasteiger partial charge on any atom is 0.274 e. The number of piperidine rings is 1. The third-order valence-corrected chi connectivity index (χ3v) is 3.34. The smallest absolute Gasteiger partial charge is 0.274 e. The molecule has 1 heterocycles. The normalized spacial score (nSPS) is 21.5. The van der Waals surface area contributed by atoms with Gasteiger partial charge in [-0.15, -0.1) is 0 Å². The molecule has 1 unspecified atom stereocenters. The molecule has 17 heavy (non-hydrogen) atoms. The van der Waals surface area contributed by atoms with Crippen molar-refractivity contribution in [2.45, 2.75) is 12.8 Å². The molecular weight excluding hydrogens is 244 g/mol. The number of nitrogens with two attached hydrogens (primary N) is 1. The standard InChI is InChI=1S/C9H20N4O3S/c1-11-6-9(14)13-4-2-3-8(7-13)5-12-17(10,15)16/h8,11-12H,2-7H2,1H3,(H2,10,15,16). The van der Waals surface area contributed by atoms with E-state index in [-0.39, 0.29) is 11.8 Å². The summed E-state index contributed by atoms with van der Waals surface area (Å²) in [7, 11) is -1.91. The number of nitrogens with zero attached hydrogens (tertiary/aromatic N) is 1. The van der Waals surface area contributed by atoms with Gasteiger partial charge in [0.2, 0.25) is 5.91 Å². The van der Waals surface area contributed by atoms with E-state index in [0.29, 0.717) is 19.6 Å². The van der Waals surface area contributed by atoms with Crippen LogP contribution in [0.3, 0.4) is 0 Å². The Morgan fingerprint density at radius 3 is 2.82 bits per heavy atom. The first-order valence-electron chi connectivity index (χ1n) is 5.62. The number of likely N-dealkylation sites (N-methyl/N-ethyl adjacent to an activating group) is 1. The van der Waals surface area contributed by atoms with Crippen molar-refractivity contribution in [2.24, 2.45) is 11.1 Å². The van der Waals surface area contributed by atoms with Gasteiger partial charge in [0.15, 0.2) is 0 Å². The summed E-state index contributed by atoms with van der Waals surface area (Å²) in [6.45, 7) is 1.94. The van der Waals surface area contributed by atoms with Crippen LogP contribution >= 0.6 is 0 Å². The Hall–Kier alpha value is -0.700. The zero-order chi connectivity index (χ0) is 12.9. The Morgan fingerprint density at radius 2 is 2.24 bits per heavy atom. The van der Waals surface area contributed by atoms with Crippen molar-refractivity contribution >= 4 is 16.1 Å². The average Bonchev–Trinajstić information content (AvgIpc) is 2.26. The number of nitrogens with one attached hydrogen (secondary N) is 2. The minimum Gasteiger partial charge on any atom is -0.341 e. The highest BCUT2D eigenvalue weighted by Gasteiger charge is 2.23. The Labute approximate surface area is 102 Å². The summed E-state index contributed by atoms with van der Waals surface area (Å²) in [6.07, 6.45) is 1.80. The Balaban J connectivity index is 2.41. The van der Waals surface area contributed by atoms with Gasteiger partial charge in [0.05, 0.1) is 6.54 Å². The van der Waals surface area contributed by atoms with Gasteiger partial charge in [0.25, 0.3) is 10.2 Å². The molecule has 1 fully saturated rings. The summed E-state index contributed by atoms with van der Waals surface area (Å²) in [6, 6.07) is 0. The average molecular weight is 264 g/mol. The second kappa shape index (κ2) is 6.29. The number of hydrogen-bond acceptors (Lipinski definition) is 4.